The minimum absolute atomic E-state index is 0.00232. The molecule has 1 amide bonds. The van der Waals surface area contributed by atoms with Crippen molar-refractivity contribution in [2.45, 2.75) is 6.92 Å². The standard InChI is InChI=1S/C14H17N3O/c1-10(9-15-2)14(18)17-12-7-3-5-11-6-4-8-16-13(11)12/h3-8,10,15H,9H2,1-2H3,(H,17,18). The maximum absolute atomic E-state index is 12.0. The summed E-state index contributed by atoms with van der Waals surface area (Å²) in [7, 11) is 1.84. The summed E-state index contributed by atoms with van der Waals surface area (Å²) < 4.78 is 0. The molecule has 4 heteroatoms. The van der Waals surface area contributed by atoms with Crippen molar-refractivity contribution < 1.29 is 4.79 Å². The topological polar surface area (TPSA) is 54.0 Å². The van der Waals surface area contributed by atoms with Crippen molar-refractivity contribution in [2.24, 2.45) is 5.92 Å². The van der Waals surface area contributed by atoms with Gasteiger partial charge in [-0.15, -0.1) is 0 Å². The molecule has 1 atom stereocenters. The lowest BCUT2D eigenvalue weighted by molar-refractivity contribution is -0.119. The van der Waals surface area contributed by atoms with Gasteiger partial charge in [-0.25, -0.2) is 0 Å². The van der Waals surface area contributed by atoms with E-state index in [1.54, 1.807) is 6.20 Å². The van der Waals surface area contributed by atoms with Crippen LogP contribution in [0.5, 0.6) is 0 Å². The summed E-state index contributed by atoms with van der Waals surface area (Å²) in [6.45, 7) is 2.55. The van der Waals surface area contributed by atoms with E-state index < -0.39 is 0 Å². The molecule has 0 bridgehead atoms. The van der Waals surface area contributed by atoms with Crippen LogP contribution in [0.3, 0.4) is 0 Å². The Bertz CT molecular complexity index is 548. The molecule has 4 nitrogen and oxygen atoms in total. The number of pyridine rings is 1. The Morgan fingerprint density at radius 1 is 1.33 bits per heavy atom. The van der Waals surface area contributed by atoms with Crippen LogP contribution in [0.1, 0.15) is 6.92 Å². The lowest BCUT2D eigenvalue weighted by Crippen LogP contribution is -2.28. The first kappa shape index (κ1) is 12.5. The van der Waals surface area contributed by atoms with Gasteiger partial charge in [0.15, 0.2) is 0 Å². The van der Waals surface area contributed by atoms with Gasteiger partial charge in [-0.05, 0) is 19.2 Å². The Labute approximate surface area is 106 Å². The number of carbonyl (C=O) groups excluding carboxylic acids is 1. The van der Waals surface area contributed by atoms with Crippen LogP contribution in [0.25, 0.3) is 10.9 Å². The van der Waals surface area contributed by atoms with Crippen LogP contribution in [0.15, 0.2) is 36.5 Å². The molecular weight excluding hydrogens is 226 g/mol. The van der Waals surface area contributed by atoms with Crippen molar-refractivity contribution in [1.82, 2.24) is 10.3 Å². The van der Waals surface area contributed by atoms with E-state index in [-0.39, 0.29) is 11.8 Å². The molecule has 1 aromatic carbocycles. The van der Waals surface area contributed by atoms with Gasteiger partial charge in [0.05, 0.1) is 11.2 Å². The van der Waals surface area contributed by atoms with Gasteiger partial charge in [0.1, 0.15) is 0 Å². The second-order valence-corrected chi connectivity index (χ2v) is 4.33. The van der Waals surface area contributed by atoms with Gasteiger partial charge in [0.25, 0.3) is 0 Å². The van der Waals surface area contributed by atoms with Crippen LogP contribution in [0.2, 0.25) is 0 Å². The Morgan fingerprint density at radius 3 is 2.89 bits per heavy atom. The maximum Gasteiger partial charge on any atom is 0.228 e. The Kier molecular flexibility index (Phi) is 3.89. The highest BCUT2D eigenvalue weighted by Gasteiger charge is 2.13. The van der Waals surface area contributed by atoms with E-state index >= 15 is 0 Å². The van der Waals surface area contributed by atoms with Gasteiger partial charge in [0, 0.05) is 24.0 Å². The van der Waals surface area contributed by atoms with Crippen LogP contribution in [-0.2, 0) is 4.79 Å². The number of hydrogen-bond acceptors (Lipinski definition) is 3. The summed E-state index contributed by atoms with van der Waals surface area (Å²) in [5, 5.41) is 6.95. The molecule has 0 saturated heterocycles. The number of rotatable bonds is 4. The fourth-order valence-electron chi connectivity index (χ4n) is 1.86. The number of para-hydroxylation sites is 1. The molecule has 0 aliphatic carbocycles. The average Bonchev–Trinajstić information content (AvgIpc) is 2.39. The van der Waals surface area contributed by atoms with E-state index in [1.165, 1.54) is 0 Å². The zero-order chi connectivity index (χ0) is 13.0. The number of aromatic nitrogens is 1. The third-order valence-electron chi connectivity index (χ3n) is 2.85. The number of anilines is 1. The molecule has 94 valence electrons. The Morgan fingerprint density at radius 2 is 2.11 bits per heavy atom. The van der Waals surface area contributed by atoms with Crippen LogP contribution < -0.4 is 10.6 Å². The van der Waals surface area contributed by atoms with Crippen molar-refractivity contribution in [1.29, 1.82) is 0 Å². The molecule has 1 unspecified atom stereocenters. The van der Waals surface area contributed by atoms with Crippen molar-refractivity contribution in [3.05, 3.63) is 36.5 Å². The highest BCUT2D eigenvalue weighted by atomic mass is 16.1. The van der Waals surface area contributed by atoms with Crippen molar-refractivity contribution in [3.63, 3.8) is 0 Å². The van der Waals surface area contributed by atoms with E-state index in [1.807, 2.05) is 44.3 Å². The fraction of sp³-hybridized carbons (Fsp3) is 0.286. The summed E-state index contributed by atoms with van der Waals surface area (Å²) in [6.07, 6.45) is 1.73. The second-order valence-electron chi connectivity index (χ2n) is 4.33. The Balaban J connectivity index is 2.24. The van der Waals surface area contributed by atoms with E-state index in [9.17, 15) is 4.79 Å². The molecule has 2 rings (SSSR count). The summed E-state index contributed by atoms with van der Waals surface area (Å²) >= 11 is 0. The third-order valence-corrected chi connectivity index (χ3v) is 2.85. The highest BCUT2D eigenvalue weighted by Crippen LogP contribution is 2.20. The first-order valence-corrected chi connectivity index (χ1v) is 6.01. The van der Waals surface area contributed by atoms with E-state index in [4.69, 9.17) is 0 Å². The number of nitrogens with one attached hydrogen (secondary N) is 2. The summed E-state index contributed by atoms with van der Waals surface area (Å²) in [5.74, 6) is -0.0727. The van der Waals surface area contributed by atoms with Gasteiger partial charge >= 0.3 is 0 Å². The smallest absolute Gasteiger partial charge is 0.228 e. The van der Waals surface area contributed by atoms with Crippen LogP contribution in [0.4, 0.5) is 5.69 Å². The van der Waals surface area contributed by atoms with Crippen molar-refractivity contribution in [2.75, 3.05) is 18.9 Å². The number of fused-ring (bicyclic) bond motifs is 1. The van der Waals surface area contributed by atoms with Gasteiger partial charge in [-0.1, -0.05) is 25.1 Å². The predicted molar refractivity (Wildman–Crippen MR) is 73.5 cm³/mol. The molecular formula is C14H17N3O. The largest absolute Gasteiger partial charge is 0.324 e. The minimum atomic E-state index is -0.0750. The summed E-state index contributed by atoms with van der Waals surface area (Å²) in [6, 6.07) is 9.64. The van der Waals surface area contributed by atoms with Crippen molar-refractivity contribution >= 4 is 22.5 Å². The molecule has 0 spiro atoms. The third kappa shape index (κ3) is 2.65. The molecule has 0 aliphatic heterocycles. The molecule has 0 radical (unpaired) electrons. The van der Waals surface area contributed by atoms with Crippen LogP contribution in [0, 0.1) is 5.92 Å². The van der Waals surface area contributed by atoms with Gasteiger partial charge in [-0.2, -0.15) is 0 Å². The van der Waals surface area contributed by atoms with E-state index in [2.05, 4.69) is 15.6 Å². The molecule has 0 saturated carbocycles. The highest BCUT2D eigenvalue weighted by molar-refractivity contribution is 6.00. The van der Waals surface area contributed by atoms with Gasteiger partial charge < -0.3 is 10.6 Å². The first-order valence-electron chi connectivity index (χ1n) is 6.01. The molecule has 2 aromatic rings. The number of nitrogens with zero attached hydrogens (tertiary/aromatic N) is 1. The maximum atomic E-state index is 12.0. The summed E-state index contributed by atoms with van der Waals surface area (Å²) in [5.41, 5.74) is 1.59. The predicted octanol–water partition coefficient (Wildman–Crippen LogP) is 2.03. The van der Waals surface area contributed by atoms with Crippen LogP contribution in [-0.4, -0.2) is 24.5 Å². The minimum Gasteiger partial charge on any atom is -0.324 e. The lowest BCUT2D eigenvalue weighted by atomic mass is 10.1. The number of benzene rings is 1. The zero-order valence-electron chi connectivity index (χ0n) is 10.6. The second kappa shape index (κ2) is 5.60. The van der Waals surface area contributed by atoms with Crippen LogP contribution >= 0.6 is 0 Å². The fourth-order valence-corrected chi connectivity index (χ4v) is 1.86. The number of amides is 1. The van der Waals surface area contributed by atoms with Gasteiger partial charge in [0.2, 0.25) is 5.91 Å². The zero-order valence-corrected chi connectivity index (χ0v) is 10.6. The molecule has 1 aromatic heterocycles. The molecule has 0 fully saturated rings. The number of hydrogen-bond donors (Lipinski definition) is 2. The summed E-state index contributed by atoms with van der Waals surface area (Å²) in [4.78, 5) is 16.3. The van der Waals surface area contributed by atoms with Crippen molar-refractivity contribution in [3.8, 4) is 0 Å². The van der Waals surface area contributed by atoms with E-state index in [0.29, 0.717) is 6.54 Å². The molecule has 0 aliphatic rings. The number of carbonyl (C=O) groups is 1. The molecule has 18 heavy (non-hydrogen) atoms. The quantitative estimate of drug-likeness (QED) is 0.864. The van der Waals surface area contributed by atoms with Gasteiger partial charge in [-0.3, -0.25) is 9.78 Å². The first-order chi connectivity index (χ1) is 8.72. The SMILES string of the molecule is CNCC(C)C(=O)Nc1cccc2cccnc12. The lowest BCUT2D eigenvalue weighted by Gasteiger charge is -2.12. The van der Waals surface area contributed by atoms with E-state index in [0.717, 1.165) is 16.6 Å². The molecule has 2 N–H and O–H groups in total. The average molecular weight is 243 g/mol. The molecule has 1 heterocycles. The Hall–Kier alpha value is -1.94. The monoisotopic (exact) mass is 243 g/mol. The normalized spacial score (nSPS) is 12.3.